The van der Waals surface area contributed by atoms with E-state index in [-0.39, 0.29) is 10.6 Å². The molecular weight excluding hydrogens is 409 g/mol. The van der Waals surface area contributed by atoms with Gasteiger partial charge in [-0.05, 0) is 24.3 Å². The van der Waals surface area contributed by atoms with E-state index in [0.717, 1.165) is 11.1 Å². The predicted octanol–water partition coefficient (Wildman–Crippen LogP) is 4.54. The van der Waals surface area contributed by atoms with Gasteiger partial charge in [-0.3, -0.25) is 9.59 Å². The molecule has 1 aliphatic rings. The Hall–Kier alpha value is -3.15. The monoisotopic (exact) mass is 423 g/mol. The first kappa shape index (κ1) is 19.2. The Morgan fingerprint density at radius 3 is 2.41 bits per heavy atom. The number of amides is 2. The number of carbonyl (C=O) groups excluding carboxylic acids is 2. The van der Waals surface area contributed by atoms with Crippen LogP contribution in [0.5, 0.6) is 0 Å². The number of halogens is 2. The molecule has 3 aromatic carbocycles. The number of benzene rings is 3. The van der Waals surface area contributed by atoms with Crippen LogP contribution in [0, 0.1) is 0 Å². The van der Waals surface area contributed by atoms with E-state index in [9.17, 15) is 9.59 Å². The predicted molar refractivity (Wildman–Crippen MR) is 115 cm³/mol. The first-order valence-electron chi connectivity index (χ1n) is 8.82. The topological polar surface area (TPSA) is 70.6 Å². The summed E-state index contributed by atoms with van der Waals surface area (Å²) in [5.41, 5.74) is 3.14. The number of rotatable bonds is 3. The maximum absolute atomic E-state index is 12.8. The van der Waals surface area contributed by atoms with E-state index in [1.165, 1.54) is 18.2 Å². The summed E-state index contributed by atoms with van der Waals surface area (Å²) in [5.74, 6) is -0.914. The molecule has 1 heterocycles. The minimum atomic E-state index is -1.11. The first-order chi connectivity index (χ1) is 14.0. The van der Waals surface area contributed by atoms with Crippen molar-refractivity contribution < 1.29 is 9.59 Å². The van der Waals surface area contributed by atoms with Gasteiger partial charge < -0.3 is 10.6 Å². The van der Waals surface area contributed by atoms with Gasteiger partial charge in [0.15, 0.2) is 0 Å². The van der Waals surface area contributed by atoms with Gasteiger partial charge >= 0.3 is 0 Å². The number of aliphatic imine (C=N–C) groups is 1. The number of benzodiazepines with no additional fused rings is 1. The number of nitrogens with one attached hydrogen (secondary N) is 2. The van der Waals surface area contributed by atoms with Gasteiger partial charge in [-0.25, -0.2) is 4.99 Å². The van der Waals surface area contributed by atoms with Crippen molar-refractivity contribution in [2.75, 3.05) is 5.32 Å². The van der Waals surface area contributed by atoms with Crippen molar-refractivity contribution >= 4 is 46.4 Å². The maximum Gasteiger partial charge on any atom is 0.269 e. The second-order valence-electron chi connectivity index (χ2n) is 6.38. The number of fused-ring (bicyclic) bond motifs is 1. The highest BCUT2D eigenvalue weighted by Gasteiger charge is 2.27. The van der Waals surface area contributed by atoms with Gasteiger partial charge in [-0.1, -0.05) is 71.7 Å². The molecule has 0 spiro atoms. The van der Waals surface area contributed by atoms with Crippen LogP contribution in [0.1, 0.15) is 21.5 Å². The first-order valence-corrected chi connectivity index (χ1v) is 9.58. The highest BCUT2D eigenvalue weighted by molar-refractivity contribution is 6.42. The Labute approximate surface area is 177 Å². The van der Waals surface area contributed by atoms with E-state index in [1.54, 1.807) is 6.07 Å². The molecule has 1 aliphatic heterocycles. The molecule has 0 unspecified atom stereocenters. The van der Waals surface area contributed by atoms with Crippen molar-refractivity contribution in [3.8, 4) is 0 Å². The maximum atomic E-state index is 12.8. The van der Waals surface area contributed by atoms with Crippen molar-refractivity contribution in [3.63, 3.8) is 0 Å². The number of anilines is 1. The van der Waals surface area contributed by atoms with Gasteiger partial charge in [0.05, 0.1) is 21.4 Å². The summed E-state index contributed by atoms with van der Waals surface area (Å²) in [4.78, 5) is 30.0. The molecule has 0 saturated heterocycles. The van der Waals surface area contributed by atoms with Crippen molar-refractivity contribution in [2.24, 2.45) is 4.99 Å². The molecule has 2 amide bonds. The van der Waals surface area contributed by atoms with Crippen LogP contribution in [0.2, 0.25) is 10.0 Å². The molecule has 1 atom stereocenters. The van der Waals surface area contributed by atoms with Crippen molar-refractivity contribution in [3.05, 3.63) is 99.5 Å². The molecule has 7 heteroatoms. The third-order valence-electron chi connectivity index (χ3n) is 4.44. The summed E-state index contributed by atoms with van der Waals surface area (Å²) in [5, 5.41) is 6.10. The van der Waals surface area contributed by atoms with Gasteiger partial charge in [0.1, 0.15) is 0 Å². The van der Waals surface area contributed by atoms with Crippen LogP contribution in [0.15, 0.2) is 77.8 Å². The second kappa shape index (κ2) is 8.07. The standard InChI is InChI=1S/C22H15Cl2N3O2/c23-16-11-10-14(12-17(16)24)21(28)27-20-22(29)25-18-9-5-4-8-15(18)19(26-20)13-6-2-1-3-7-13/h1-12,20H,(H,25,29)(H,27,28)/t20-/m1/s1. The molecule has 2 N–H and O–H groups in total. The molecule has 0 radical (unpaired) electrons. The third kappa shape index (κ3) is 4.01. The normalized spacial score (nSPS) is 15.6. The Bertz CT molecular complexity index is 1130. The largest absolute Gasteiger partial charge is 0.322 e. The van der Waals surface area contributed by atoms with Crippen LogP contribution < -0.4 is 10.6 Å². The summed E-state index contributed by atoms with van der Waals surface area (Å²) in [7, 11) is 0. The number of carbonyl (C=O) groups is 2. The van der Waals surface area contributed by atoms with E-state index in [0.29, 0.717) is 16.4 Å². The zero-order valence-electron chi connectivity index (χ0n) is 15.0. The zero-order chi connectivity index (χ0) is 20.4. The van der Waals surface area contributed by atoms with Crippen LogP contribution in [0.4, 0.5) is 5.69 Å². The van der Waals surface area contributed by atoms with Crippen LogP contribution >= 0.6 is 23.2 Å². The van der Waals surface area contributed by atoms with Crippen LogP contribution in [-0.2, 0) is 4.79 Å². The molecule has 0 aromatic heterocycles. The molecule has 29 heavy (non-hydrogen) atoms. The number of para-hydroxylation sites is 1. The molecule has 0 fully saturated rings. The molecule has 0 aliphatic carbocycles. The summed E-state index contributed by atoms with van der Waals surface area (Å²) >= 11 is 11.9. The van der Waals surface area contributed by atoms with Gasteiger partial charge in [-0.15, -0.1) is 0 Å². The van der Waals surface area contributed by atoms with Gasteiger partial charge in [0, 0.05) is 16.7 Å². The van der Waals surface area contributed by atoms with Gasteiger partial charge in [0.2, 0.25) is 6.17 Å². The number of hydrogen-bond acceptors (Lipinski definition) is 3. The number of hydrogen-bond donors (Lipinski definition) is 2. The second-order valence-corrected chi connectivity index (χ2v) is 7.20. The lowest BCUT2D eigenvalue weighted by atomic mass is 10.0. The lowest BCUT2D eigenvalue weighted by Gasteiger charge is -2.13. The molecule has 4 rings (SSSR count). The fraction of sp³-hybridized carbons (Fsp3) is 0.0455. The average Bonchev–Trinajstić information content (AvgIpc) is 2.87. The highest BCUT2D eigenvalue weighted by atomic mass is 35.5. The number of nitrogens with zero attached hydrogens (tertiary/aromatic N) is 1. The smallest absolute Gasteiger partial charge is 0.269 e. The van der Waals surface area contributed by atoms with Gasteiger partial charge in [-0.2, -0.15) is 0 Å². The van der Waals surface area contributed by atoms with Crippen molar-refractivity contribution in [1.82, 2.24) is 5.32 Å². The fourth-order valence-electron chi connectivity index (χ4n) is 3.03. The summed E-state index contributed by atoms with van der Waals surface area (Å²) in [6.07, 6.45) is -1.11. The minimum absolute atomic E-state index is 0.255. The molecular formula is C22H15Cl2N3O2. The Morgan fingerprint density at radius 2 is 1.66 bits per heavy atom. The van der Waals surface area contributed by atoms with Gasteiger partial charge in [0.25, 0.3) is 11.8 Å². The summed E-state index contributed by atoms with van der Waals surface area (Å²) in [6, 6.07) is 21.4. The molecule has 0 bridgehead atoms. The zero-order valence-corrected chi connectivity index (χ0v) is 16.5. The lowest BCUT2D eigenvalue weighted by Crippen LogP contribution is -2.42. The highest BCUT2D eigenvalue weighted by Crippen LogP contribution is 2.25. The van der Waals surface area contributed by atoms with E-state index < -0.39 is 18.0 Å². The summed E-state index contributed by atoms with van der Waals surface area (Å²) < 4.78 is 0. The van der Waals surface area contributed by atoms with E-state index in [4.69, 9.17) is 23.2 Å². The molecule has 5 nitrogen and oxygen atoms in total. The Morgan fingerprint density at radius 1 is 0.931 bits per heavy atom. The summed E-state index contributed by atoms with van der Waals surface area (Å²) in [6.45, 7) is 0. The van der Waals surface area contributed by atoms with E-state index in [2.05, 4.69) is 15.6 Å². The quantitative estimate of drug-likeness (QED) is 0.648. The van der Waals surface area contributed by atoms with E-state index >= 15 is 0 Å². The van der Waals surface area contributed by atoms with Crippen LogP contribution in [0.25, 0.3) is 0 Å². The van der Waals surface area contributed by atoms with Crippen LogP contribution in [0.3, 0.4) is 0 Å². The van der Waals surface area contributed by atoms with E-state index in [1.807, 2.05) is 48.5 Å². The third-order valence-corrected chi connectivity index (χ3v) is 5.18. The molecule has 3 aromatic rings. The SMILES string of the molecule is O=C(N[C@H]1N=C(c2ccccc2)c2ccccc2NC1=O)c1ccc(Cl)c(Cl)c1. The fourth-order valence-corrected chi connectivity index (χ4v) is 3.32. The lowest BCUT2D eigenvalue weighted by molar-refractivity contribution is -0.117. The van der Waals surface area contributed by atoms with Crippen molar-refractivity contribution in [1.29, 1.82) is 0 Å². The molecule has 144 valence electrons. The average molecular weight is 424 g/mol. The minimum Gasteiger partial charge on any atom is -0.322 e. The molecule has 0 saturated carbocycles. The van der Waals surface area contributed by atoms with Crippen molar-refractivity contribution in [2.45, 2.75) is 6.17 Å². The van der Waals surface area contributed by atoms with Crippen LogP contribution in [-0.4, -0.2) is 23.7 Å². The Balaban J connectivity index is 1.72. The Kier molecular flexibility index (Phi) is 5.34.